The summed E-state index contributed by atoms with van der Waals surface area (Å²) in [5, 5.41) is 9.03. The second kappa shape index (κ2) is 8.91. The van der Waals surface area contributed by atoms with E-state index >= 15 is 0 Å². The minimum absolute atomic E-state index is 0.123. The minimum Gasteiger partial charge on any atom is -0.493 e. The summed E-state index contributed by atoms with van der Waals surface area (Å²) in [4.78, 5) is 5.04. The van der Waals surface area contributed by atoms with Gasteiger partial charge in [0.2, 0.25) is 0 Å². The SMILES string of the molecule is COc1ccc(CN2CCN(CC3(C)CC4=C(C)OC(C)=C(C)C4C3=N)CC2)cc1OC. The molecule has 1 aromatic carbocycles. The third-order valence-electron chi connectivity index (χ3n) is 7.51. The number of ether oxygens (including phenoxy) is 3. The maximum atomic E-state index is 9.03. The number of nitrogens with one attached hydrogen (secondary N) is 1. The lowest BCUT2D eigenvalue weighted by atomic mass is 9.83. The molecule has 2 unspecified atom stereocenters. The monoisotopic (exact) mass is 439 g/mol. The molecule has 6 nitrogen and oxygen atoms in total. The third-order valence-corrected chi connectivity index (χ3v) is 7.51. The van der Waals surface area contributed by atoms with Gasteiger partial charge in [0.25, 0.3) is 0 Å². The summed E-state index contributed by atoms with van der Waals surface area (Å²) in [5.41, 5.74) is 4.50. The average molecular weight is 440 g/mol. The molecule has 1 aromatic rings. The Kier molecular flexibility index (Phi) is 6.37. The maximum absolute atomic E-state index is 9.03. The fraction of sp³-hybridized carbons (Fsp3) is 0.577. The van der Waals surface area contributed by atoms with Crippen molar-refractivity contribution in [3.8, 4) is 11.5 Å². The number of hydrogen-bond acceptors (Lipinski definition) is 6. The van der Waals surface area contributed by atoms with Crippen LogP contribution in [0, 0.1) is 16.7 Å². The van der Waals surface area contributed by atoms with Gasteiger partial charge in [0.1, 0.15) is 11.5 Å². The molecule has 1 aliphatic carbocycles. The molecule has 1 saturated carbocycles. The van der Waals surface area contributed by atoms with Gasteiger partial charge in [0.15, 0.2) is 11.5 Å². The van der Waals surface area contributed by atoms with Crippen LogP contribution in [0.4, 0.5) is 0 Å². The zero-order chi connectivity index (χ0) is 23.0. The second-order valence-electron chi connectivity index (χ2n) is 9.75. The van der Waals surface area contributed by atoms with Crippen LogP contribution in [-0.4, -0.2) is 62.5 Å². The lowest BCUT2D eigenvalue weighted by Crippen LogP contribution is -2.50. The Morgan fingerprint density at radius 1 is 1.00 bits per heavy atom. The molecule has 0 amide bonds. The van der Waals surface area contributed by atoms with Gasteiger partial charge in [0, 0.05) is 56.3 Å². The molecule has 1 saturated heterocycles. The van der Waals surface area contributed by atoms with Gasteiger partial charge >= 0.3 is 0 Å². The van der Waals surface area contributed by atoms with Gasteiger partial charge in [0.05, 0.1) is 14.2 Å². The Morgan fingerprint density at radius 3 is 2.31 bits per heavy atom. The van der Waals surface area contributed by atoms with Crippen molar-refractivity contribution in [3.05, 3.63) is 46.4 Å². The first-order valence-electron chi connectivity index (χ1n) is 11.5. The highest BCUT2D eigenvalue weighted by Gasteiger charge is 2.48. The Bertz CT molecular complexity index is 959. The van der Waals surface area contributed by atoms with E-state index in [4.69, 9.17) is 19.6 Å². The predicted molar refractivity (Wildman–Crippen MR) is 127 cm³/mol. The number of fused-ring (bicyclic) bond motifs is 1. The topological polar surface area (TPSA) is 58.0 Å². The standard InChI is InChI=1S/C26H37N3O3/c1-17-18(2)32-19(3)21-14-26(4,25(27)24(17)21)16-29-11-9-28(10-12-29)15-20-7-8-22(30-5)23(13-20)31-6/h7-8,13,24,27H,9-12,14-16H2,1-6H3. The molecule has 2 fully saturated rings. The first-order valence-corrected chi connectivity index (χ1v) is 11.5. The summed E-state index contributed by atoms with van der Waals surface area (Å²) in [6, 6.07) is 6.17. The smallest absolute Gasteiger partial charge is 0.161 e. The molecular weight excluding hydrogens is 402 g/mol. The van der Waals surface area contributed by atoms with Crippen LogP contribution in [0.15, 0.2) is 40.9 Å². The fourth-order valence-electron chi connectivity index (χ4n) is 5.50. The van der Waals surface area contributed by atoms with E-state index in [1.807, 2.05) is 13.0 Å². The molecule has 0 bridgehead atoms. The molecule has 2 heterocycles. The zero-order valence-corrected chi connectivity index (χ0v) is 20.4. The van der Waals surface area contributed by atoms with Crippen molar-refractivity contribution >= 4 is 5.71 Å². The highest BCUT2D eigenvalue weighted by molar-refractivity contribution is 5.97. The number of allylic oxidation sites excluding steroid dienone is 4. The molecule has 0 radical (unpaired) electrons. The number of benzene rings is 1. The Balaban J connectivity index is 1.36. The van der Waals surface area contributed by atoms with Crippen LogP contribution in [0.25, 0.3) is 0 Å². The molecule has 32 heavy (non-hydrogen) atoms. The number of rotatable bonds is 6. The number of piperazine rings is 1. The van der Waals surface area contributed by atoms with Crippen molar-refractivity contribution in [1.29, 1.82) is 5.41 Å². The Labute approximate surface area is 192 Å². The van der Waals surface area contributed by atoms with Crippen molar-refractivity contribution in [2.24, 2.45) is 11.3 Å². The zero-order valence-electron chi connectivity index (χ0n) is 20.4. The molecule has 1 N–H and O–H groups in total. The van der Waals surface area contributed by atoms with Crippen molar-refractivity contribution in [3.63, 3.8) is 0 Å². The first-order chi connectivity index (χ1) is 15.3. The van der Waals surface area contributed by atoms with Crippen LogP contribution in [0.3, 0.4) is 0 Å². The van der Waals surface area contributed by atoms with Gasteiger partial charge < -0.3 is 19.6 Å². The molecule has 0 spiro atoms. The van der Waals surface area contributed by atoms with E-state index in [1.165, 1.54) is 16.7 Å². The number of nitrogens with zero attached hydrogens (tertiary/aromatic N) is 2. The predicted octanol–water partition coefficient (Wildman–Crippen LogP) is 4.47. The van der Waals surface area contributed by atoms with Crippen LogP contribution in [0.5, 0.6) is 11.5 Å². The van der Waals surface area contributed by atoms with E-state index < -0.39 is 0 Å². The molecule has 4 rings (SSSR count). The number of hydrogen-bond donors (Lipinski definition) is 1. The van der Waals surface area contributed by atoms with Gasteiger partial charge in [-0.05, 0) is 56.0 Å². The highest BCUT2D eigenvalue weighted by Crippen LogP contribution is 2.50. The van der Waals surface area contributed by atoms with E-state index in [9.17, 15) is 0 Å². The normalized spacial score (nSPS) is 26.9. The summed E-state index contributed by atoms with van der Waals surface area (Å²) < 4.78 is 16.8. The molecule has 6 heteroatoms. The van der Waals surface area contributed by atoms with Gasteiger partial charge in [-0.2, -0.15) is 0 Å². The van der Waals surface area contributed by atoms with Crippen molar-refractivity contribution in [2.45, 2.75) is 40.7 Å². The molecule has 174 valence electrons. The highest BCUT2D eigenvalue weighted by atomic mass is 16.5. The summed E-state index contributed by atoms with van der Waals surface area (Å²) in [5.74, 6) is 3.66. The molecule has 3 aliphatic rings. The molecule has 2 atom stereocenters. The van der Waals surface area contributed by atoms with Crippen LogP contribution >= 0.6 is 0 Å². The van der Waals surface area contributed by atoms with Crippen molar-refractivity contribution in [1.82, 2.24) is 9.80 Å². The van der Waals surface area contributed by atoms with Crippen LogP contribution in [0.1, 0.15) is 39.7 Å². The van der Waals surface area contributed by atoms with E-state index in [1.54, 1.807) is 14.2 Å². The van der Waals surface area contributed by atoms with Gasteiger partial charge in [-0.3, -0.25) is 9.80 Å². The fourth-order valence-corrected chi connectivity index (χ4v) is 5.50. The quantitative estimate of drug-likeness (QED) is 0.709. The first kappa shape index (κ1) is 22.9. The lowest BCUT2D eigenvalue weighted by Gasteiger charge is -2.39. The molecular formula is C26H37N3O3. The van der Waals surface area contributed by atoms with E-state index in [0.29, 0.717) is 0 Å². The Hall–Kier alpha value is -2.31. The van der Waals surface area contributed by atoms with Crippen LogP contribution < -0.4 is 9.47 Å². The largest absolute Gasteiger partial charge is 0.493 e. The molecule has 0 aromatic heterocycles. The maximum Gasteiger partial charge on any atom is 0.161 e. The minimum atomic E-state index is -0.123. The summed E-state index contributed by atoms with van der Waals surface area (Å²) in [6.45, 7) is 14.5. The third kappa shape index (κ3) is 4.18. The van der Waals surface area contributed by atoms with Crippen molar-refractivity contribution in [2.75, 3.05) is 46.9 Å². The average Bonchev–Trinajstić information content (AvgIpc) is 3.04. The van der Waals surface area contributed by atoms with E-state index in [0.717, 1.165) is 74.4 Å². The van der Waals surface area contributed by atoms with Crippen molar-refractivity contribution < 1.29 is 14.2 Å². The van der Waals surface area contributed by atoms with Gasteiger partial charge in [-0.15, -0.1) is 0 Å². The van der Waals surface area contributed by atoms with E-state index in [-0.39, 0.29) is 11.3 Å². The van der Waals surface area contributed by atoms with E-state index in [2.05, 4.69) is 42.7 Å². The van der Waals surface area contributed by atoms with Crippen LogP contribution in [-0.2, 0) is 11.3 Å². The summed E-state index contributed by atoms with van der Waals surface area (Å²) in [7, 11) is 3.35. The summed E-state index contributed by atoms with van der Waals surface area (Å²) in [6.07, 6.45) is 0.929. The summed E-state index contributed by atoms with van der Waals surface area (Å²) >= 11 is 0. The lowest BCUT2D eigenvalue weighted by molar-refractivity contribution is 0.106. The Morgan fingerprint density at radius 2 is 1.66 bits per heavy atom. The number of methoxy groups -OCH3 is 2. The second-order valence-corrected chi connectivity index (χ2v) is 9.75. The van der Waals surface area contributed by atoms with Crippen LogP contribution in [0.2, 0.25) is 0 Å². The molecule has 2 aliphatic heterocycles. The van der Waals surface area contributed by atoms with Gasteiger partial charge in [-0.25, -0.2) is 0 Å². The van der Waals surface area contributed by atoms with Gasteiger partial charge in [-0.1, -0.05) is 13.0 Å².